The summed E-state index contributed by atoms with van der Waals surface area (Å²) in [7, 11) is 2.04. The number of nitrogens with one attached hydrogen (secondary N) is 2. The summed E-state index contributed by atoms with van der Waals surface area (Å²) in [6.45, 7) is 10.2. The predicted molar refractivity (Wildman–Crippen MR) is 82.4 cm³/mol. The largest absolute Gasteiger partial charge is 0.387 e. The van der Waals surface area contributed by atoms with Gasteiger partial charge in [0, 0.05) is 37.6 Å². The molecule has 0 radical (unpaired) electrons. The summed E-state index contributed by atoms with van der Waals surface area (Å²) >= 11 is 0. The minimum absolute atomic E-state index is 0.0558. The summed E-state index contributed by atoms with van der Waals surface area (Å²) < 4.78 is 0. The quantitative estimate of drug-likeness (QED) is 0.587. The van der Waals surface area contributed by atoms with Gasteiger partial charge in [0.25, 0.3) is 0 Å². The van der Waals surface area contributed by atoms with Gasteiger partial charge in [0.2, 0.25) is 0 Å². The molecule has 0 saturated carbocycles. The van der Waals surface area contributed by atoms with Crippen LogP contribution in [-0.4, -0.2) is 49.7 Å². The fraction of sp³-hybridized carbons (Fsp3) is 0.600. The Morgan fingerprint density at radius 1 is 0.850 bits per heavy atom. The van der Waals surface area contributed by atoms with Crippen LogP contribution in [0.3, 0.4) is 0 Å². The van der Waals surface area contributed by atoms with Gasteiger partial charge >= 0.3 is 0 Å². The van der Waals surface area contributed by atoms with Gasteiger partial charge in [0.15, 0.2) is 11.6 Å². The van der Waals surface area contributed by atoms with Gasteiger partial charge < -0.3 is 15.5 Å². The van der Waals surface area contributed by atoms with Crippen LogP contribution < -0.4 is 10.6 Å². The maximum Gasteiger partial charge on any atom is 0.154 e. The number of hydrogen-bond acceptors (Lipinski definition) is 5. The van der Waals surface area contributed by atoms with Crippen LogP contribution in [-0.2, 0) is 9.59 Å². The lowest BCUT2D eigenvalue weighted by atomic mass is 10.3. The molecule has 0 fully saturated rings. The third kappa shape index (κ3) is 11.5. The van der Waals surface area contributed by atoms with E-state index in [1.54, 1.807) is 26.0 Å². The molecule has 0 aromatic carbocycles. The summed E-state index contributed by atoms with van der Waals surface area (Å²) in [6.07, 6.45) is 3.19. The molecule has 0 saturated heterocycles. The van der Waals surface area contributed by atoms with Crippen LogP contribution in [0, 0.1) is 0 Å². The second-order valence-corrected chi connectivity index (χ2v) is 5.03. The highest BCUT2D eigenvalue weighted by atomic mass is 16.1. The van der Waals surface area contributed by atoms with E-state index < -0.39 is 0 Å². The Balaban J connectivity index is 3.77. The van der Waals surface area contributed by atoms with E-state index in [0.29, 0.717) is 0 Å². The molecule has 0 atom stereocenters. The summed E-state index contributed by atoms with van der Waals surface area (Å²) in [5, 5.41) is 6.38. The first-order chi connectivity index (χ1) is 9.31. The van der Waals surface area contributed by atoms with Crippen molar-refractivity contribution in [2.24, 2.45) is 0 Å². The summed E-state index contributed by atoms with van der Waals surface area (Å²) in [5.74, 6) is 0.112. The van der Waals surface area contributed by atoms with Crippen LogP contribution in [0.1, 0.15) is 27.7 Å². The molecule has 0 spiro atoms. The van der Waals surface area contributed by atoms with Crippen molar-refractivity contribution in [3.8, 4) is 0 Å². The Bertz CT molecular complexity index is 351. The Morgan fingerprint density at radius 3 is 1.50 bits per heavy atom. The molecular weight excluding hydrogens is 254 g/mol. The van der Waals surface area contributed by atoms with E-state index in [1.165, 1.54) is 0 Å². The van der Waals surface area contributed by atoms with Crippen LogP contribution in [0.5, 0.6) is 0 Å². The lowest BCUT2D eigenvalue weighted by molar-refractivity contribution is -0.113. The van der Waals surface area contributed by atoms with Gasteiger partial charge in [-0.15, -0.1) is 0 Å². The second kappa shape index (κ2) is 10.2. The maximum absolute atomic E-state index is 10.9. The number of carbonyl (C=O) groups excluding carboxylic acids is 2. The number of nitrogens with zero attached hydrogens (tertiary/aromatic N) is 1. The molecule has 0 aromatic rings. The number of allylic oxidation sites excluding steroid dienone is 4. The van der Waals surface area contributed by atoms with Gasteiger partial charge in [-0.05, 0) is 46.9 Å². The molecule has 0 amide bonds. The van der Waals surface area contributed by atoms with E-state index in [-0.39, 0.29) is 11.6 Å². The predicted octanol–water partition coefficient (Wildman–Crippen LogP) is 1.08. The summed E-state index contributed by atoms with van der Waals surface area (Å²) in [5.41, 5.74) is 1.79. The highest BCUT2D eigenvalue weighted by Crippen LogP contribution is 1.89. The van der Waals surface area contributed by atoms with Gasteiger partial charge in [-0.1, -0.05) is 0 Å². The van der Waals surface area contributed by atoms with Crippen molar-refractivity contribution in [3.63, 3.8) is 0 Å². The van der Waals surface area contributed by atoms with E-state index in [1.807, 2.05) is 20.9 Å². The van der Waals surface area contributed by atoms with Crippen molar-refractivity contribution in [2.45, 2.75) is 27.7 Å². The number of carbonyl (C=O) groups is 2. The van der Waals surface area contributed by atoms with Crippen LogP contribution >= 0.6 is 0 Å². The average molecular weight is 281 g/mol. The molecule has 0 aliphatic heterocycles. The topological polar surface area (TPSA) is 61.4 Å². The normalized spacial score (nSPS) is 12.5. The Kier molecular flexibility index (Phi) is 9.38. The standard InChI is InChI=1S/C15H27N3O2/c1-12(10-14(3)19)16-6-8-18(5)9-7-17-13(2)11-15(4)20/h10-11,16-17H,6-9H2,1-5H3. The van der Waals surface area contributed by atoms with Gasteiger partial charge in [0.05, 0.1) is 0 Å². The molecule has 2 N–H and O–H groups in total. The molecule has 0 bridgehead atoms. The molecule has 0 aliphatic rings. The molecule has 0 aliphatic carbocycles. The third-order valence-corrected chi connectivity index (χ3v) is 2.63. The molecule has 20 heavy (non-hydrogen) atoms. The monoisotopic (exact) mass is 281 g/mol. The zero-order valence-electron chi connectivity index (χ0n) is 13.2. The number of hydrogen-bond donors (Lipinski definition) is 2. The number of likely N-dealkylation sites (N-methyl/N-ethyl adjacent to an activating group) is 1. The first kappa shape index (κ1) is 18.4. The highest BCUT2D eigenvalue weighted by molar-refractivity contribution is 5.88. The minimum Gasteiger partial charge on any atom is -0.387 e. The van der Waals surface area contributed by atoms with E-state index in [4.69, 9.17) is 0 Å². The molecule has 0 aromatic heterocycles. The van der Waals surface area contributed by atoms with Crippen LogP contribution in [0.25, 0.3) is 0 Å². The Hall–Kier alpha value is -1.62. The van der Waals surface area contributed by atoms with Crippen LogP contribution in [0.2, 0.25) is 0 Å². The van der Waals surface area contributed by atoms with E-state index in [0.717, 1.165) is 37.6 Å². The third-order valence-electron chi connectivity index (χ3n) is 2.63. The molecule has 0 heterocycles. The molecule has 114 valence electrons. The molecular formula is C15H27N3O2. The van der Waals surface area contributed by atoms with Gasteiger partial charge in [-0.3, -0.25) is 9.59 Å². The first-order valence-electron chi connectivity index (χ1n) is 6.85. The SMILES string of the molecule is CC(=O)C=C(C)NCCN(C)CCNC(C)=CC(C)=O. The fourth-order valence-electron chi connectivity index (χ4n) is 1.71. The lowest BCUT2D eigenvalue weighted by Gasteiger charge is -2.18. The average Bonchev–Trinajstić information content (AvgIpc) is 2.26. The van der Waals surface area contributed by atoms with Gasteiger partial charge in [-0.2, -0.15) is 0 Å². The van der Waals surface area contributed by atoms with Crippen LogP contribution in [0.15, 0.2) is 23.5 Å². The van der Waals surface area contributed by atoms with E-state index in [9.17, 15) is 9.59 Å². The minimum atomic E-state index is 0.0558. The molecule has 0 unspecified atom stereocenters. The van der Waals surface area contributed by atoms with Crippen molar-refractivity contribution >= 4 is 11.6 Å². The van der Waals surface area contributed by atoms with Crippen molar-refractivity contribution in [1.82, 2.24) is 15.5 Å². The maximum atomic E-state index is 10.9. The zero-order chi connectivity index (χ0) is 15.5. The molecule has 5 nitrogen and oxygen atoms in total. The Morgan fingerprint density at radius 2 is 1.20 bits per heavy atom. The number of rotatable bonds is 10. The molecule has 5 heteroatoms. The number of ketones is 2. The summed E-state index contributed by atoms with van der Waals surface area (Å²) in [4.78, 5) is 23.9. The van der Waals surface area contributed by atoms with Gasteiger partial charge in [-0.25, -0.2) is 0 Å². The van der Waals surface area contributed by atoms with Crippen molar-refractivity contribution in [2.75, 3.05) is 33.2 Å². The lowest BCUT2D eigenvalue weighted by Crippen LogP contribution is -2.33. The fourth-order valence-corrected chi connectivity index (χ4v) is 1.71. The smallest absolute Gasteiger partial charge is 0.154 e. The first-order valence-corrected chi connectivity index (χ1v) is 6.85. The highest BCUT2D eigenvalue weighted by Gasteiger charge is 1.99. The van der Waals surface area contributed by atoms with Crippen LogP contribution in [0.4, 0.5) is 0 Å². The van der Waals surface area contributed by atoms with E-state index in [2.05, 4.69) is 15.5 Å². The van der Waals surface area contributed by atoms with Crippen molar-refractivity contribution in [3.05, 3.63) is 23.5 Å². The second-order valence-electron chi connectivity index (χ2n) is 5.03. The zero-order valence-corrected chi connectivity index (χ0v) is 13.2. The van der Waals surface area contributed by atoms with Crippen molar-refractivity contribution in [1.29, 1.82) is 0 Å². The summed E-state index contributed by atoms with van der Waals surface area (Å²) in [6, 6.07) is 0. The van der Waals surface area contributed by atoms with Crippen molar-refractivity contribution < 1.29 is 9.59 Å². The molecule has 0 rings (SSSR count). The van der Waals surface area contributed by atoms with Gasteiger partial charge in [0.1, 0.15) is 0 Å². The van der Waals surface area contributed by atoms with E-state index >= 15 is 0 Å². The Labute approximate surface area is 122 Å².